The number of amides is 1. The van der Waals surface area contributed by atoms with Gasteiger partial charge in [0.2, 0.25) is 0 Å². The number of hydrogen-bond acceptors (Lipinski definition) is 7. The molecule has 4 aromatic rings. The van der Waals surface area contributed by atoms with Crippen molar-refractivity contribution in [3.8, 4) is 22.7 Å². The highest BCUT2D eigenvalue weighted by atomic mass is 16.6. The largest absolute Gasteiger partial charge is 0.488 e. The second-order valence-corrected chi connectivity index (χ2v) is 12.5. The molecule has 0 bridgehead atoms. The van der Waals surface area contributed by atoms with Crippen LogP contribution in [0.2, 0.25) is 0 Å². The number of aliphatic hydroxyl groups is 1. The molecule has 0 aliphatic carbocycles. The SMILES string of the molecule is COC(=O)c1cccc(-c2ccc3c(c2)CC[C@H](CN(C[C@@H](O)c2ccc(-n4c(C)ccc4C)nc2)C(=O)OC(C)(C)C)O3)c1. The highest BCUT2D eigenvalue weighted by Gasteiger charge is 2.30. The quantitative estimate of drug-likeness (QED) is 0.224. The van der Waals surface area contributed by atoms with E-state index in [1.54, 1.807) is 12.3 Å². The van der Waals surface area contributed by atoms with Gasteiger partial charge in [-0.15, -0.1) is 0 Å². The van der Waals surface area contributed by atoms with Gasteiger partial charge in [0.05, 0.1) is 31.9 Å². The number of hydrogen-bond donors (Lipinski definition) is 1. The molecule has 1 aliphatic heterocycles. The first-order valence-electron chi connectivity index (χ1n) is 15.2. The molecular formula is C36H41N3O6. The molecule has 0 saturated carbocycles. The topological polar surface area (TPSA) is 103 Å². The Morgan fingerprint density at radius 3 is 2.44 bits per heavy atom. The van der Waals surface area contributed by atoms with E-state index in [9.17, 15) is 14.7 Å². The zero-order valence-electron chi connectivity index (χ0n) is 26.7. The number of esters is 1. The van der Waals surface area contributed by atoms with Crippen molar-refractivity contribution in [2.75, 3.05) is 20.2 Å². The summed E-state index contributed by atoms with van der Waals surface area (Å²) < 4.78 is 19.0. The van der Waals surface area contributed by atoms with Crippen LogP contribution in [0.25, 0.3) is 16.9 Å². The van der Waals surface area contributed by atoms with Crippen LogP contribution in [0.3, 0.4) is 0 Å². The Kier molecular flexibility index (Phi) is 9.29. The Bertz CT molecular complexity index is 1650. The normalized spacial score (nSPS) is 15.0. The molecule has 0 saturated heterocycles. The number of methoxy groups -OCH3 is 1. The lowest BCUT2D eigenvalue weighted by molar-refractivity contribution is 0.00364. The standard InChI is InChI=1S/C36H41N3O6/c1-23-10-11-24(2)39(23)33-17-14-29(20-37-33)31(40)22-38(35(42)45-36(3,4)5)21-30-15-12-27-18-26(13-16-32(27)44-30)25-8-7-9-28(19-25)34(41)43-6/h7-11,13-14,16-20,30-31,40H,12,15,21-22H2,1-6H3/t30-,31-/m1/s1. The fraction of sp³-hybridized carbons (Fsp3) is 0.361. The van der Waals surface area contributed by atoms with Crippen LogP contribution in [0.5, 0.6) is 5.75 Å². The molecule has 0 unspecified atom stereocenters. The Hall–Kier alpha value is -4.63. The summed E-state index contributed by atoms with van der Waals surface area (Å²) in [5.74, 6) is 1.14. The Balaban J connectivity index is 1.30. The number of aromatic nitrogens is 2. The molecule has 9 nitrogen and oxygen atoms in total. The fourth-order valence-electron chi connectivity index (χ4n) is 5.56. The van der Waals surface area contributed by atoms with Crippen molar-refractivity contribution in [3.05, 3.63) is 101 Å². The summed E-state index contributed by atoms with van der Waals surface area (Å²) in [7, 11) is 1.37. The van der Waals surface area contributed by atoms with Gasteiger partial charge < -0.3 is 28.8 Å². The number of carbonyl (C=O) groups is 2. The van der Waals surface area contributed by atoms with Crippen LogP contribution in [0, 0.1) is 13.8 Å². The van der Waals surface area contributed by atoms with Crippen LogP contribution in [-0.4, -0.2) is 63.5 Å². The maximum absolute atomic E-state index is 13.3. The third-order valence-corrected chi connectivity index (χ3v) is 7.83. The van der Waals surface area contributed by atoms with E-state index in [0.717, 1.165) is 46.1 Å². The predicted octanol–water partition coefficient (Wildman–Crippen LogP) is 6.61. The number of benzene rings is 2. The van der Waals surface area contributed by atoms with Crippen LogP contribution in [0.15, 0.2) is 72.9 Å². The first kappa shape index (κ1) is 31.8. The summed E-state index contributed by atoms with van der Waals surface area (Å²) in [4.78, 5) is 31.4. The van der Waals surface area contributed by atoms with Gasteiger partial charge in [-0.1, -0.05) is 24.3 Å². The molecule has 0 spiro atoms. The van der Waals surface area contributed by atoms with Crippen molar-refractivity contribution in [1.82, 2.24) is 14.5 Å². The van der Waals surface area contributed by atoms with E-state index in [2.05, 4.69) is 11.1 Å². The zero-order chi connectivity index (χ0) is 32.3. The fourth-order valence-corrected chi connectivity index (χ4v) is 5.56. The first-order chi connectivity index (χ1) is 21.4. The van der Waals surface area contributed by atoms with Gasteiger partial charge in [-0.2, -0.15) is 0 Å². The minimum Gasteiger partial charge on any atom is -0.488 e. The Morgan fingerprint density at radius 1 is 1.04 bits per heavy atom. The third kappa shape index (κ3) is 7.54. The smallest absolute Gasteiger partial charge is 0.410 e. The maximum atomic E-state index is 13.3. The van der Waals surface area contributed by atoms with E-state index in [4.69, 9.17) is 14.2 Å². The van der Waals surface area contributed by atoms with Gasteiger partial charge in [0, 0.05) is 23.1 Å². The van der Waals surface area contributed by atoms with Crippen molar-refractivity contribution in [1.29, 1.82) is 0 Å². The minimum atomic E-state index is -0.967. The van der Waals surface area contributed by atoms with Crippen LogP contribution < -0.4 is 4.74 Å². The number of aliphatic hydroxyl groups excluding tert-OH is 1. The number of pyridine rings is 1. The second kappa shape index (κ2) is 13.2. The summed E-state index contributed by atoms with van der Waals surface area (Å²) >= 11 is 0. The number of rotatable bonds is 8. The van der Waals surface area contributed by atoms with Crippen LogP contribution >= 0.6 is 0 Å². The number of carbonyl (C=O) groups excluding carboxylic acids is 2. The van der Waals surface area contributed by atoms with Crippen molar-refractivity contribution >= 4 is 12.1 Å². The summed E-state index contributed by atoms with van der Waals surface area (Å²) in [5.41, 5.74) is 5.48. The monoisotopic (exact) mass is 611 g/mol. The molecule has 0 radical (unpaired) electrons. The minimum absolute atomic E-state index is 0.0275. The van der Waals surface area contributed by atoms with Gasteiger partial charge in [0.15, 0.2) is 0 Å². The van der Waals surface area contributed by atoms with Gasteiger partial charge in [-0.25, -0.2) is 14.6 Å². The average Bonchev–Trinajstić information content (AvgIpc) is 3.36. The van der Waals surface area contributed by atoms with Crippen molar-refractivity contribution in [2.45, 2.75) is 65.3 Å². The number of nitrogens with zero attached hydrogens (tertiary/aromatic N) is 3. The van der Waals surface area contributed by atoms with Gasteiger partial charge in [0.25, 0.3) is 0 Å². The lowest BCUT2D eigenvalue weighted by Gasteiger charge is -2.33. The molecule has 2 aromatic heterocycles. The van der Waals surface area contributed by atoms with Gasteiger partial charge in [-0.3, -0.25) is 0 Å². The molecule has 2 atom stereocenters. The van der Waals surface area contributed by atoms with Crippen molar-refractivity contribution < 1.29 is 28.9 Å². The lowest BCUT2D eigenvalue weighted by Crippen LogP contribution is -2.45. The van der Waals surface area contributed by atoms with Crippen molar-refractivity contribution in [3.63, 3.8) is 0 Å². The Morgan fingerprint density at radius 2 is 1.78 bits per heavy atom. The molecule has 0 fully saturated rings. The van der Waals surface area contributed by atoms with Crippen LogP contribution in [-0.2, 0) is 15.9 Å². The molecule has 3 heterocycles. The van der Waals surface area contributed by atoms with E-state index < -0.39 is 17.8 Å². The molecule has 2 aromatic carbocycles. The number of fused-ring (bicyclic) bond motifs is 1. The van der Waals surface area contributed by atoms with E-state index in [1.807, 2.05) is 93.8 Å². The predicted molar refractivity (Wildman–Crippen MR) is 172 cm³/mol. The molecule has 1 N–H and O–H groups in total. The van der Waals surface area contributed by atoms with E-state index in [-0.39, 0.29) is 25.2 Å². The number of ether oxygens (including phenoxy) is 3. The molecular weight excluding hydrogens is 570 g/mol. The first-order valence-corrected chi connectivity index (χ1v) is 15.2. The second-order valence-electron chi connectivity index (χ2n) is 12.5. The third-order valence-electron chi connectivity index (χ3n) is 7.83. The van der Waals surface area contributed by atoms with Gasteiger partial charge in [0.1, 0.15) is 23.3 Å². The molecule has 1 amide bonds. The zero-order valence-corrected chi connectivity index (χ0v) is 26.7. The molecule has 9 heteroatoms. The molecule has 45 heavy (non-hydrogen) atoms. The van der Waals surface area contributed by atoms with Crippen LogP contribution in [0.1, 0.15) is 66.2 Å². The highest BCUT2D eigenvalue weighted by Crippen LogP contribution is 2.33. The number of aryl methyl sites for hydroxylation is 3. The molecule has 5 rings (SSSR count). The van der Waals surface area contributed by atoms with E-state index in [0.29, 0.717) is 17.5 Å². The molecule has 1 aliphatic rings. The van der Waals surface area contributed by atoms with Gasteiger partial charge in [-0.05, 0) is 107 Å². The highest BCUT2D eigenvalue weighted by molar-refractivity contribution is 5.91. The Labute approximate surface area is 264 Å². The summed E-state index contributed by atoms with van der Waals surface area (Å²) in [5, 5.41) is 11.2. The average molecular weight is 612 g/mol. The lowest BCUT2D eigenvalue weighted by atomic mass is 9.96. The van der Waals surface area contributed by atoms with E-state index in [1.165, 1.54) is 12.0 Å². The van der Waals surface area contributed by atoms with Crippen molar-refractivity contribution in [2.24, 2.45) is 0 Å². The summed E-state index contributed by atoms with van der Waals surface area (Å²) in [6.45, 7) is 9.77. The molecule has 236 valence electrons. The van der Waals surface area contributed by atoms with Crippen LogP contribution in [0.4, 0.5) is 4.79 Å². The maximum Gasteiger partial charge on any atom is 0.410 e. The van der Waals surface area contributed by atoms with Gasteiger partial charge >= 0.3 is 12.1 Å². The van der Waals surface area contributed by atoms with E-state index >= 15 is 0 Å². The summed E-state index contributed by atoms with van der Waals surface area (Å²) in [6, 6.07) is 21.1. The summed E-state index contributed by atoms with van der Waals surface area (Å²) in [6.07, 6.45) is 1.31.